The van der Waals surface area contributed by atoms with Crippen molar-refractivity contribution in [3.8, 4) is 0 Å². The van der Waals surface area contributed by atoms with Crippen LogP contribution in [-0.2, 0) is 16.1 Å². The third-order valence-electron chi connectivity index (χ3n) is 7.07. The Balaban J connectivity index is 1.44. The molecule has 2 heterocycles. The van der Waals surface area contributed by atoms with Gasteiger partial charge in [-0.15, -0.1) is 0 Å². The smallest absolute Gasteiger partial charge is 0.311 e. The first-order valence-electron chi connectivity index (χ1n) is 11.8. The molecule has 0 bridgehead atoms. The average molecular weight is 531 g/mol. The van der Waals surface area contributed by atoms with Crippen LogP contribution in [0.4, 0.5) is 4.39 Å². The summed E-state index contributed by atoms with van der Waals surface area (Å²) in [5, 5.41) is 9.65. The number of ether oxygens (including phenoxy) is 1. The number of aromatic nitrogens is 4. The van der Waals surface area contributed by atoms with Crippen LogP contribution in [0.3, 0.4) is 0 Å². The third-order valence-corrected chi connectivity index (χ3v) is 7.36. The van der Waals surface area contributed by atoms with E-state index in [0.717, 1.165) is 12.8 Å². The van der Waals surface area contributed by atoms with E-state index >= 15 is 0 Å². The van der Waals surface area contributed by atoms with Crippen LogP contribution < -0.4 is 10.6 Å². The van der Waals surface area contributed by atoms with Crippen LogP contribution in [-0.4, -0.2) is 51.0 Å². The fraction of sp³-hybridized carbons (Fsp3) is 0.440. The molecule has 2 amide bonds. The van der Waals surface area contributed by atoms with Gasteiger partial charge in [0.1, 0.15) is 23.5 Å². The number of fused-ring (bicyclic) bond motifs is 1. The Hall–Kier alpha value is -3.60. The number of carbonyl (C=O) groups is 3. The molecule has 0 spiro atoms. The number of hydrogen-bond donors (Lipinski definition) is 2. The predicted octanol–water partition coefficient (Wildman–Crippen LogP) is 3.34. The molecule has 0 unspecified atom stereocenters. The summed E-state index contributed by atoms with van der Waals surface area (Å²) in [6, 6.07) is 5.50. The number of nitrogens with one attached hydrogen (secondary N) is 2. The topological polar surface area (TPSA) is 128 Å². The van der Waals surface area contributed by atoms with E-state index in [2.05, 4.69) is 32.6 Å². The standard InChI is InChI=1S/C25H28ClFN6O4/c1-24(6-8-25(2,9-7-24)22(36)37-3)13-29-21(35)19-11-18(32-23-30-14-31-33(19)23)20(34)28-12-15-4-5-17(27)16(26)10-15/h4-5,10-11,14H,6-9,12-13H2,1-3H3,(H,28,34)(H,29,35). The van der Waals surface area contributed by atoms with Crippen LogP contribution in [0.2, 0.25) is 5.02 Å². The summed E-state index contributed by atoms with van der Waals surface area (Å²) in [4.78, 5) is 46.3. The van der Waals surface area contributed by atoms with Gasteiger partial charge in [-0.1, -0.05) is 24.6 Å². The van der Waals surface area contributed by atoms with E-state index in [9.17, 15) is 18.8 Å². The number of benzene rings is 1. The highest BCUT2D eigenvalue weighted by molar-refractivity contribution is 6.30. The number of amides is 2. The largest absolute Gasteiger partial charge is 0.469 e. The number of nitrogens with zero attached hydrogens (tertiary/aromatic N) is 4. The first kappa shape index (κ1) is 26.5. The molecule has 1 aliphatic rings. The lowest BCUT2D eigenvalue weighted by Crippen LogP contribution is -2.43. The van der Waals surface area contributed by atoms with E-state index in [0.29, 0.717) is 24.9 Å². The Bertz CT molecular complexity index is 1350. The molecule has 1 saturated carbocycles. The van der Waals surface area contributed by atoms with Crippen molar-refractivity contribution in [1.29, 1.82) is 0 Å². The molecular weight excluding hydrogens is 503 g/mol. The third kappa shape index (κ3) is 5.71. The Labute approximate surface area is 218 Å². The molecular formula is C25H28ClFN6O4. The van der Waals surface area contributed by atoms with E-state index < -0.39 is 23.0 Å². The van der Waals surface area contributed by atoms with Gasteiger partial charge in [0.05, 0.1) is 17.5 Å². The monoisotopic (exact) mass is 530 g/mol. The summed E-state index contributed by atoms with van der Waals surface area (Å²) in [5.41, 5.74) is -0.0234. The van der Waals surface area contributed by atoms with Crippen LogP contribution in [0.25, 0.3) is 5.78 Å². The number of methoxy groups -OCH3 is 1. The van der Waals surface area contributed by atoms with Crippen LogP contribution in [0.1, 0.15) is 66.1 Å². The Morgan fingerprint density at radius 1 is 1.11 bits per heavy atom. The number of esters is 1. The fourth-order valence-electron chi connectivity index (χ4n) is 4.43. The summed E-state index contributed by atoms with van der Waals surface area (Å²) in [5.74, 6) is -1.63. The van der Waals surface area contributed by atoms with Gasteiger partial charge in [0.2, 0.25) is 0 Å². The maximum atomic E-state index is 13.4. The van der Waals surface area contributed by atoms with Crippen molar-refractivity contribution in [1.82, 2.24) is 30.2 Å². The lowest BCUT2D eigenvalue weighted by Gasteiger charge is -2.41. The molecule has 0 saturated heterocycles. The summed E-state index contributed by atoms with van der Waals surface area (Å²) in [6.45, 7) is 4.45. The molecule has 196 valence electrons. The molecule has 0 aliphatic heterocycles. The van der Waals surface area contributed by atoms with Gasteiger partial charge in [-0.25, -0.2) is 9.37 Å². The van der Waals surface area contributed by atoms with Crippen LogP contribution in [0.15, 0.2) is 30.6 Å². The first-order valence-corrected chi connectivity index (χ1v) is 12.2. The number of carbonyl (C=O) groups excluding carboxylic acids is 3. The van der Waals surface area contributed by atoms with E-state index in [-0.39, 0.29) is 40.1 Å². The van der Waals surface area contributed by atoms with Gasteiger partial charge in [0.25, 0.3) is 17.6 Å². The molecule has 4 rings (SSSR count). The second-order valence-electron chi connectivity index (χ2n) is 9.98. The highest BCUT2D eigenvalue weighted by Crippen LogP contribution is 2.45. The van der Waals surface area contributed by atoms with Gasteiger partial charge in [0.15, 0.2) is 0 Å². The zero-order valence-electron chi connectivity index (χ0n) is 20.8. The van der Waals surface area contributed by atoms with Gasteiger partial charge < -0.3 is 15.4 Å². The molecule has 2 aromatic heterocycles. The minimum atomic E-state index is -0.550. The lowest BCUT2D eigenvalue weighted by atomic mass is 9.65. The predicted molar refractivity (Wildman–Crippen MR) is 132 cm³/mol. The number of rotatable bonds is 7. The summed E-state index contributed by atoms with van der Waals surface area (Å²) in [6.07, 6.45) is 4.07. The van der Waals surface area contributed by atoms with E-state index in [4.69, 9.17) is 16.3 Å². The first-order chi connectivity index (χ1) is 17.5. The van der Waals surface area contributed by atoms with E-state index in [1.807, 2.05) is 6.92 Å². The highest BCUT2D eigenvalue weighted by Gasteiger charge is 2.43. The Kier molecular flexibility index (Phi) is 7.44. The molecule has 10 nitrogen and oxygen atoms in total. The summed E-state index contributed by atoms with van der Waals surface area (Å²) in [7, 11) is 1.40. The second kappa shape index (κ2) is 10.4. The summed E-state index contributed by atoms with van der Waals surface area (Å²) < 4.78 is 19.6. The van der Waals surface area contributed by atoms with Crippen molar-refractivity contribution in [3.63, 3.8) is 0 Å². The van der Waals surface area contributed by atoms with Crippen molar-refractivity contribution in [2.45, 2.75) is 46.1 Å². The molecule has 0 atom stereocenters. The fourth-order valence-corrected chi connectivity index (χ4v) is 4.63. The minimum Gasteiger partial charge on any atom is -0.469 e. The SMILES string of the molecule is COC(=O)C1(C)CCC(C)(CNC(=O)c2cc(C(=O)NCc3ccc(F)c(Cl)c3)nc3ncnn23)CC1. The van der Waals surface area contributed by atoms with Gasteiger partial charge in [0, 0.05) is 19.2 Å². The van der Waals surface area contributed by atoms with Gasteiger partial charge >= 0.3 is 5.97 Å². The molecule has 37 heavy (non-hydrogen) atoms. The normalized spacial score (nSPS) is 21.4. The van der Waals surface area contributed by atoms with Gasteiger partial charge in [-0.05, 0) is 55.7 Å². The molecule has 0 radical (unpaired) electrons. The average Bonchev–Trinajstić information content (AvgIpc) is 3.37. The lowest BCUT2D eigenvalue weighted by molar-refractivity contribution is -0.155. The summed E-state index contributed by atoms with van der Waals surface area (Å²) >= 11 is 5.80. The second-order valence-corrected chi connectivity index (χ2v) is 10.4. The van der Waals surface area contributed by atoms with Crippen LogP contribution in [0.5, 0.6) is 0 Å². The maximum Gasteiger partial charge on any atom is 0.311 e. The van der Waals surface area contributed by atoms with E-state index in [1.54, 1.807) is 0 Å². The van der Waals surface area contributed by atoms with Crippen LogP contribution in [0, 0.1) is 16.6 Å². The zero-order chi connectivity index (χ0) is 26.8. The highest BCUT2D eigenvalue weighted by atomic mass is 35.5. The maximum absolute atomic E-state index is 13.4. The molecule has 12 heteroatoms. The van der Waals surface area contributed by atoms with Gasteiger partial charge in [-0.3, -0.25) is 14.4 Å². The van der Waals surface area contributed by atoms with Crippen molar-refractivity contribution in [2.75, 3.05) is 13.7 Å². The molecule has 1 aliphatic carbocycles. The molecule has 1 aromatic carbocycles. The van der Waals surface area contributed by atoms with Crippen molar-refractivity contribution < 1.29 is 23.5 Å². The van der Waals surface area contributed by atoms with Crippen molar-refractivity contribution in [3.05, 3.63) is 58.4 Å². The van der Waals surface area contributed by atoms with E-state index in [1.165, 1.54) is 42.2 Å². The van der Waals surface area contributed by atoms with Crippen LogP contribution >= 0.6 is 11.6 Å². The Morgan fingerprint density at radius 2 is 1.84 bits per heavy atom. The zero-order valence-corrected chi connectivity index (χ0v) is 21.6. The minimum absolute atomic E-state index is 0.0171. The quantitative estimate of drug-likeness (QED) is 0.448. The Morgan fingerprint density at radius 3 is 2.51 bits per heavy atom. The number of halogens is 2. The molecule has 1 fully saturated rings. The number of hydrogen-bond acceptors (Lipinski definition) is 7. The molecule has 3 aromatic rings. The van der Waals surface area contributed by atoms with Crippen molar-refractivity contribution >= 4 is 35.2 Å². The van der Waals surface area contributed by atoms with Gasteiger partial charge in [-0.2, -0.15) is 14.6 Å². The van der Waals surface area contributed by atoms with Crippen molar-refractivity contribution in [2.24, 2.45) is 10.8 Å². The molecule has 2 N–H and O–H groups in total.